The van der Waals surface area contributed by atoms with Gasteiger partial charge in [0.05, 0.1) is 12.4 Å². The lowest BCUT2D eigenvalue weighted by molar-refractivity contribution is -0.274. The molecule has 0 unspecified atom stereocenters. The summed E-state index contributed by atoms with van der Waals surface area (Å²) in [5.41, 5.74) is 0.935. The van der Waals surface area contributed by atoms with Gasteiger partial charge >= 0.3 is 6.36 Å². The molecule has 2 aromatic carbocycles. The van der Waals surface area contributed by atoms with Crippen molar-refractivity contribution < 1.29 is 35.9 Å². The molecule has 9 nitrogen and oxygen atoms in total. The van der Waals surface area contributed by atoms with Gasteiger partial charge in [-0.25, -0.2) is 13.4 Å². The Morgan fingerprint density at radius 3 is 2.31 bits per heavy atom. The normalized spacial score (nSPS) is 12.4. The molecule has 2 aromatic heterocycles. The Balaban J connectivity index is 1.64. The van der Waals surface area contributed by atoms with Crippen molar-refractivity contribution in [3.8, 4) is 11.5 Å². The van der Waals surface area contributed by atoms with Gasteiger partial charge in [-0.05, 0) is 73.5 Å². The Hall–Kier alpha value is -3.97. The highest BCUT2D eigenvalue weighted by Crippen LogP contribution is 2.39. The lowest BCUT2D eigenvalue weighted by Gasteiger charge is -2.28. The second-order valence-corrected chi connectivity index (χ2v) is 12.6. The van der Waals surface area contributed by atoms with E-state index in [9.17, 15) is 26.4 Å². The molecule has 3 N–H and O–H groups in total. The second-order valence-electron chi connectivity index (χ2n) is 10.4. The number of aromatic amines is 1. The number of H-pyrrole nitrogens is 1. The number of amides is 1. The predicted molar refractivity (Wildman–Crippen MR) is 155 cm³/mol. The van der Waals surface area contributed by atoms with Gasteiger partial charge in [-0.2, -0.15) is 0 Å². The molecule has 2 heterocycles. The van der Waals surface area contributed by atoms with Crippen LogP contribution >= 0.6 is 11.6 Å². The number of alkyl halides is 3. The molecular weight excluding hydrogens is 597 g/mol. The van der Waals surface area contributed by atoms with Crippen molar-refractivity contribution in [2.75, 3.05) is 16.3 Å². The van der Waals surface area contributed by atoms with E-state index in [-0.39, 0.29) is 28.4 Å². The third-order valence-electron chi connectivity index (χ3n) is 6.10. The molecule has 0 aliphatic rings. The van der Waals surface area contributed by atoms with Gasteiger partial charge in [0.15, 0.2) is 0 Å². The van der Waals surface area contributed by atoms with Gasteiger partial charge in [0.25, 0.3) is 5.91 Å². The van der Waals surface area contributed by atoms with Crippen molar-refractivity contribution in [3.63, 3.8) is 0 Å². The van der Waals surface area contributed by atoms with Crippen molar-refractivity contribution >= 4 is 50.1 Å². The summed E-state index contributed by atoms with van der Waals surface area (Å²) in [4.78, 5) is 20.1. The summed E-state index contributed by atoms with van der Waals surface area (Å²) in [5.74, 6) is -0.661. The number of benzene rings is 2. The number of rotatable bonds is 9. The fraction of sp³-hybridized carbons (Fsp3) is 0.286. The number of fused-ring (bicyclic) bond motifs is 1. The standard InChI is InChI=1S/C28H28ClF3N4O5S/c1-15(2)40-21-11-18(12-22(14-21)41-28(30,31)32)27(3,4)17-9-19(29)13-20(10-17)33-26(37)23-8-16-6-7-24(35-25(16)34-23)36-42(5,38)39/h6-15H,1-5H3,(H,33,37)(H2,34,35,36). The molecule has 14 heteroatoms. The molecular formula is C28H28ClF3N4O5S. The number of hydrogen-bond donors (Lipinski definition) is 3. The fourth-order valence-corrected chi connectivity index (χ4v) is 4.96. The number of anilines is 2. The highest BCUT2D eigenvalue weighted by molar-refractivity contribution is 7.92. The molecule has 0 saturated carbocycles. The average Bonchev–Trinajstić information content (AvgIpc) is 3.24. The van der Waals surface area contributed by atoms with Crippen LogP contribution < -0.4 is 19.5 Å². The summed E-state index contributed by atoms with van der Waals surface area (Å²) >= 11 is 6.40. The highest BCUT2D eigenvalue weighted by Gasteiger charge is 2.33. The maximum atomic E-state index is 13.1. The van der Waals surface area contributed by atoms with E-state index in [0.717, 1.165) is 6.26 Å². The molecule has 0 aliphatic heterocycles. The van der Waals surface area contributed by atoms with Crippen LogP contribution in [0.15, 0.2) is 54.6 Å². The van der Waals surface area contributed by atoms with Crippen LogP contribution in [0.25, 0.3) is 11.0 Å². The van der Waals surface area contributed by atoms with Gasteiger partial charge in [-0.1, -0.05) is 25.4 Å². The number of nitrogens with zero attached hydrogens (tertiary/aromatic N) is 1. The summed E-state index contributed by atoms with van der Waals surface area (Å²) < 4.78 is 74.3. The number of ether oxygens (including phenoxy) is 2. The maximum absolute atomic E-state index is 13.1. The van der Waals surface area contributed by atoms with E-state index in [1.807, 2.05) is 0 Å². The number of hydrogen-bond acceptors (Lipinski definition) is 6. The summed E-state index contributed by atoms with van der Waals surface area (Å²) in [6, 6.07) is 13.6. The largest absolute Gasteiger partial charge is 0.573 e. The van der Waals surface area contributed by atoms with Gasteiger partial charge in [0.1, 0.15) is 28.7 Å². The van der Waals surface area contributed by atoms with Gasteiger partial charge < -0.3 is 19.8 Å². The van der Waals surface area contributed by atoms with E-state index in [1.165, 1.54) is 24.3 Å². The summed E-state index contributed by atoms with van der Waals surface area (Å²) in [6.45, 7) is 7.09. The van der Waals surface area contributed by atoms with Gasteiger partial charge in [-0.15, -0.1) is 13.2 Å². The first-order valence-corrected chi connectivity index (χ1v) is 14.8. The molecule has 0 fully saturated rings. The van der Waals surface area contributed by atoms with Crippen molar-refractivity contribution in [3.05, 3.63) is 76.4 Å². The Morgan fingerprint density at radius 2 is 1.67 bits per heavy atom. The van der Waals surface area contributed by atoms with Crippen LogP contribution in [0.1, 0.15) is 49.3 Å². The second kappa shape index (κ2) is 11.4. The average molecular weight is 625 g/mol. The van der Waals surface area contributed by atoms with Crippen LogP contribution in [-0.4, -0.2) is 43.0 Å². The van der Waals surface area contributed by atoms with Crippen molar-refractivity contribution in [2.45, 2.75) is 45.6 Å². The number of nitrogens with one attached hydrogen (secondary N) is 3. The third-order valence-corrected chi connectivity index (χ3v) is 6.90. The first-order chi connectivity index (χ1) is 19.4. The van der Waals surface area contributed by atoms with Crippen LogP contribution in [0, 0.1) is 0 Å². The van der Waals surface area contributed by atoms with E-state index in [4.69, 9.17) is 16.3 Å². The van der Waals surface area contributed by atoms with Gasteiger partial charge in [-0.3, -0.25) is 9.52 Å². The Bertz CT molecular complexity index is 1750. The van der Waals surface area contributed by atoms with Crippen molar-refractivity contribution in [1.82, 2.24) is 9.97 Å². The molecule has 0 bridgehead atoms. The molecule has 4 aromatic rings. The van der Waals surface area contributed by atoms with E-state index in [2.05, 4.69) is 24.7 Å². The Morgan fingerprint density at radius 1 is 1.00 bits per heavy atom. The topological polar surface area (TPSA) is 122 Å². The van der Waals surface area contributed by atoms with Crippen LogP contribution in [0.3, 0.4) is 0 Å². The number of halogens is 4. The zero-order valence-electron chi connectivity index (χ0n) is 23.2. The molecule has 1 amide bonds. The Kier molecular flexibility index (Phi) is 8.38. The summed E-state index contributed by atoms with van der Waals surface area (Å²) in [6.07, 6.45) is -4.19. The van der Waals surface area contributed by atoms with Gasteiger partial charge in [0.2, 0.25) is 10.0 Å². The number of carbonyl (C=O) groups excluding carboxylic acids is 1. The van der Waals surface area contributed by atoms with Crippen LogP contribution in [-0.2, 0) is 15.4 Å². The van der Waals surface area contributed by atoms with Crippen molar-refractivity contribution in [2.24, 2.45) is 0 Å². The molecule has 0 saturated heterocycles. The minimum atomic E-state index is -4.89. The van der Waals surface area contributed by atoms with E-state index in [0.29, 0.717) is 27.8 Å². The zero-order valence-corrected chi connectivity index (χ0v) is 24.8. The number of aromatic nitrogens is 2. The number of pyridine rings is 1. The third kappa shape index (κ3) is 7.85. The quantitative estimate of drug-likeness (QED) is 0.187. The van der Waals surface area contributed by atoms with Crippen LogP contribution in [0.5, 0.6) is 11.5 Å². The minimum Gasteiger partial charge on any atom is -0.491 e. The number of carbonyl (C=O) groups is 1. The molecule has 0 radical (unpaired) electrons. The molecule has 0 spiro atoms. The molecule has 224 valence electrons. The summed E-state index contributed by atoms with van der Waals surface area (Å²) in [7, 11) is -3.54. The Labute approximate surface area is 245 Å². The zero-order chi connectivity index (χ0) is 31.0. The monoisotopic (exact) mass is 624 g/mol. The number of sulfonamides is 1. The van der Waals surface area contributed by atoms with Crippen LogP contribution in [0.2, 0.25) is 5.02 Å². The molecule has 42 heavy (non-hydrogen) atoms. The SMILES string of the molecule is CC(C)Oc1cc(OC(F)(F)F)cc(C(C)(C)c2cc(Cl)cc(NC(=O)c3cc4ccc(NS(C)(=O)=O)nc4[nH]3)c2)c1. The summed E-state index contributed by atoms with van der Waals surface area (Å²) in [5, 5.41) is 3.63. The highest BCUT2D eigenvalue weighted by atomic mass is 35.5. The molecule has 0 atom stereocenters. The fourth-order valence-electron chi connectivity index (χ4n) is 4.23. The lowest BCUT2D eigenvalue weighted by atomic mass is 9.78. The molecule has 0 aliphatic carbocycles. The lowest BCUT2D eigenvalue weighted by Crippen LogP contribution is -2.22. The first-order valence-electron chi connectivity index (χ1n) is 12.6. The van der Waals surface area contributed by atoms with E-state index in [1.54, 1.807) is 58.0 Å². The maximum Gasteiger partial charge on any atom is 0.573 e. The van der Waals surface area contributed by atoms with E-state index >= 15 is 0 Å². The smallest absolute Gasteiger partial charge is 0.491 e. The predicted octanol–water partition coefficient (Wildman–Crippen LogP) is 6.85. The van der Waals surface area contributed by atoms with E-state index < -0.39 is 33.5 Å². The van der Waals surface area contributed by atoms with Crippen LogP contribution in [0.4, 0.5) is 24.7 Å². The minimum absolute atomic E-state index is 0.0900. The van der Waals surface area contributed by atoms with Crippen molar-refractivity contribution in [1.29, 1.82) is 0 Å². The first kappa shape index (κ1) is 31.0. The molecule has 4 rings (SSSR count). The van der Waals surface area contributed by atoms with Gasteiger partial charge in [0, 0.05) is 27.6 Å².